The van der Waals surface area contributed by atoms with E-state index in [0.29, 0.717) is 9.85 Å². The van der Waals surface area contributed by atoms with Crippen molar-refractivity contribution in [1.82, 2.24) is 0 Å². The molecule has 1 aromatic heterocycles. The van der Waals surface area contributed by atoms with E-state index in [9.17, 15) is 0 Å². The van der Waals surface area contributed by atoms with Gasteiger partial charge in [-0.1, -0.05) is 46.6 Å². The van der Waals surface area contributed by atoms with Gasteiger partial charge in [0.15, 0.2) is 5.58 Å². The highest BCUT2D eigenvalue weighted by Gasteiger charge is 2.07. The zero-order valence-corrected chi connectivity index (χ0v) is 10.8. The lowest BCUT2D eigenvalue weighted by atomic mass is 10.2. The number of furan rings is 1. The minimum Gasteiger partial charge on any atom is -0.460 e. The highest BCUT2D eigenvalue weighted by atomic mass is 79.9. The van der Waals surface area contributed by atoms with Crippen molar-refractivity contribution in [2.45, 2.75) is 24.6 Å². The number of para-hydroxylation sites is 1. The Bertz CT molecular complexity index is 462. The monoisotopic (exact) mass is 286 g/mol. The maximum absolute atomic E-state index is 6.03. The summed E-state index contributed by atoms with van der Waals surface area (Å²) in [4.78, 5) is 0.515. The van der Waals surface area contributed by atoms with E-state index >= 15 is 0 Å². The molecule has 0 spiro atoms. The Hall–Kier alpha value is -0.470. The summed E-state index contributed by atoms with van der Waals surface area (Å²) >= 11 is 9.55. The molecule has 1 nitrogen and oxygen atoms in total. The predicted molar refractivity (Wildman–Crippen MR) is 67.9 cm³/mol. The lowest BCUT2D eigenvalue weighted by molar-refractivity contribution is 0.539. The van der Waals surface area contributed by atoms with Gasteiger partial charge in [-0.15, -0.1) is 0 Å². The minimum atomic E-state index is 0.515. The van der Waals surface area contributed by atoms with Crippen molar-refractivity contribution in [3.05, 3.63) is 35.0 Å². The molecule has 80 valence electrons. The van der Waals surface area contributed by atoms with Gasteiger partial charge in [0.1, 0.15) is 5.76 Å². The van der Waals surface area contributed by atoms with Gasteiger partial charge in [0, 0.05) is 16.6 Å². The molecule has 0 aliphatic rings. The molecule has 0 aliphatic heterocycles. The SMILES string of the molecule is CC(Br)CCc1cc2cccc(Cl)c2o1. The minimum absolute atomic E-state index is 0.515. The highest BCUT2D eigenvalue weighted by molar-refractivity contribution is 9.09. The maximum atomic E-state index is 6.03. The van der Waals surface area contributed by atoms with E-state index in [1.165, 1.54) is 0 Å². The Labute approximate surface area is 103 Å². The standard InChI is InChI=1S/C12H12BrClO/c1-8(13)5-6-10-7-9-3-2-4-11(14)12(9)15-10/h2-4,7-8H,5-6H2,1H3. The molecule has 0 saturated heterocycles. The molecule has 1 unspecified atom stereocenters. The number of aryl methyl sites for hydroxylation is 1. The number of benzene rings is 1. The van der Waals surface area contributed by atoms with Crippen LogP contribution in [0.5, 0.6) is 0 Å². The van der Waals surface area contributed by atoms with Crippen molar-refractivity contribution in [3.63, 3.8) is 0 Å². The molecule has 0 N–H and O–H groups in total. The van der Waals surface area contributed by atoms with Crippen molar-refractivity contribution in [3.8, 4) is 0 Å². The van der Waals surface area contributed by atoms with Gasteiger partial charge < -0.3 is 4.42 Å². The van der Waals surface area contributed by atoms with Crippen LogP contribution in [0, 0.1) is 0 Å². The first kappa shape index (κ1) is 11.0. The van der Waals surface area contributed by atoms with Crippen molar-refractivity contribution in [2.75, 3.05) is 0 Å². The van der Waals surface area contributed by atoms with Crippen LogP contribution < -0.4 is 0 Å². The Balaban J connectivity index is 2.27. The van der Waals surface area contributed by atoms with E-state index in [-0.39, 0.29) is 0 Å². The van der Waals surface area contributed by atoms with Crippen molar-refractivity contribution in [1.29, 1.82) is 0 Å². The van der Waals surface area contributed by atoms with Crippen LogP contribution in [0.25, 0.3) is 11.0 Å². The smallest absolute Gasteiger partial charge is 0.152 e. The van der Waals surface area contributed by atoms with Gasteiger partial charge in [0.2, 0.25) is 0 Å². The normalized spacial score (nSPS) is 13.3. The van der Waals surface area contributed by atoms with E-state index in [0.717, 1.165) is 29.6 Å². The number of hydrogen-bond acceptors (Lipinski definition) is 1. The molecular formula is C12H12BrClO. The first-order valence-electron chi connectivity index (χ1n) is 4.98. The molecule has 3 heteroatoms. The summed E-state index contributed by atoms with van der Waals surface area (Å²) in [6.07, 6.45) is 2.01. The van der Waals surface area contributed by atoms with Crippen molar-refractivity contribution < 1.29 is 4.42 Å². The number of hydrogen-bond donors (Lipinski definition) is 0. The van der Waals surface area contributed by atoms with Gasteiger partial charge in [0.25, 0.3) is 0 Å². The molecule has 2 aromatic rings. The Morgan fingerprint density at radius 3 is 2.93 bits per heavy atom. The summed E-state index contributed by atoms with van der Waals surface area (Å²) in [5.41, 5.74) is 0.802. The zero-order valence-electron chi connectivity index (χ0n) is 8.47. The van der Waals surface area contributed by atoms with Crippen LogP contribution in [-0.2, 0) is 6.42 Å². The largest absolute Gasteiger partial charge is 0.460 e. The van der Waals surface area contributed by atoms with Crippen LogP contribution in [0.1, 0.15) is 19.1 Å². The Morgan fingerprint density at radius 2 is 2.27 bits per heavy atom. The van der Waals surface area contributed by atoms with Gasteiger partial charge in [-0.2, -0.15) is 0 Å². The Morgan fingerprint density at radius 1 is 1.47 bits per heavy atom. The fraction of sp³-hybridized carbons (Fsp3) is 0.333. The van der Waals surface area contributed by atoms with Gasteiger partial charge >= 0.3 is 0 Å². The second-order valence-electron chi connectivity index (χ2n) is 3.69. The third-order valence-corrected chi connectivity index (χ3v) is 3.09. The summed E-state index contributed by atoms with van der Waals surface area (Å²) in [5.74, 6) is 1.00. The van der Waals surface area contributed by atoms with Crippen molar-refractivity contribution >= 4 is 38.5 Å². The molecule has 0 fully saturated rings. The molecule has 1 aromatic carbocycles. The van der Waals surface area contributed by atoms with Crippen LogP contribution >= 0.6 is 27.5 Å². The fourth-order valence-electron chi connectivity index (χ4n) is 1.55. The topological polar surface area (TPSA) is 13.1 Å². The lowest BCUT2D eigenvalue weighted by Gasteiger charge is -1.98. The molecule has 0 bridgehead atoms. The predicted octanol–water partition coefficient (Wildman–Crippen LogP) is 4.80. The van der Waals surface area contributed by atoms with E-state index in [4.69, 9.17) is 16.0 Å². The second kappa shape index (κ2) is 4.58. The van der Waals surface area contributed by atoms with Crippen LogP contribution in [0.3, 0.4) is 0 Å². The highest BCUT2D eigenvalue weighted by Crippen LogP contribution is 2.27. The average molecular weight is 288 g/mol. The summed E-state index contributed by atoms with van der Waals surface area (Å²) < 4.78 is 5.70. The van der Waals surface area contributed by atoms with Gasteiger partial charge in [-0.05, 0) is 18.6 Å². The molecule has 15 heavy (non-hydrogen) atoms. The van der Waals surface area contributed by atoms with Crippen LogP contribution in [0.15, 0.2) is 28.7 Å². The first-order chi connectivity index (χ1) is 7.16. The summed E-state index contributed by atoms with van der Waals surface area (Å²) in [7, 11) is 0. The number of fused-ring (bicyclic) bond motifs is 1. The van der Waals surface area contributed by atoms with Gasteiger partial charge in [0.05, 0.1) is 5.02 Å². The summed E-state index contributed by atoms with van der Waals surface area (Å²) in [5, 5.41) is 1.77. The lowest BCUT2D eigenvalue weighted by Crippen LogP contribution is -1.92. The third kappa shape index (κ3) is 2.56. The fourth-order valence-corrected chi connectivity index (χ4v) is 1.99. The molecule has 1 heterocycles. The molecule has 2 rings (SSSR count). The van der Waals surface area contributed by atoms with E-state index in [1.54, 1.807) is 0 Å². The Kier molecular flexibility index (Phi) is 3.37. The zero-order chi connectivity index (χ0) is 10.8. The molecule has 0 aliphatic carbocycles. The first-order valence-corrected chi connectivity index (χ1v) is 6.27. The molecule has 1 atom stereocenters. The third-order valence-electron chi connectivity index (χ3n) is 2.34. The van der Waals surface area contributed by atoms with Gasteiger partial charge in [-0.3, -0.25) is 0 Å². The summed E-state index contributed by atoms with van der Waals surface area (Å²) in [6, 6.07) is 7.88. The molecule has 0 saturated carbocycles. The molecule has 0 radical (unpaired) electrons. The molecular weight excluding hydrogens is 275 g/mol. The maximum Gasteiger partial charge on any atom is 0.152 e. The van der Waals surface area contributed by atoms with Crippen LogP contribution in [0.4, 0.5) is 0 Å². The van der Waals surface area contributed by atoms with E-state index in [1.807, 2.05) is 18.2 Å². The average Bonchev–Trinajstić information content (AvgIpc) is 2.59. The van der Waals surface area contributed by atoms with E-state index in [2.05, 4.69) is 28.9 Å². The molecule has 0 amide bonds. The quantitative estimate of drug-likeness (QED) is 0.739. The van der Waals surface area contributed by atoms with Crippen LogP contribution in [0.2, 0.25) is 5.02 Å². The number of rotatable bonds is 3. The van der Waals surface area contributed by atoms with E-state index < -0.39 is 0 Å². The van der Waals surface area contributed by atoms with Crippen LogP contribution in [-0.4, -0.2) is 4.83 Å². The summed E-state index contributed by atoms with van der Waals surface area (Å²) in [6.45, 7) is 2.13. The second-order valence-corrected chi connectivity index (χ2v) is 5.66. The van der Waals surface area contributed by atoms with Gasteiger partial charge in [-0.25, -0.2) is 0 Å². The number of alkyl halides is 1. The van der Waals surface area contributed by atoms with Crippen molar-refractivity contribution in [2.24, 2.45) is 0 Å². The number of halogens is 2.